The van der Waals surface area contributed by atoms with Gasteiger partial charge in [-0.25, -0.2) is 28.5 Å². The zero-order chi connectivity index (χ0) is 25.8. The minimum absolute atomic E-state index is 0.0327. The van der Waals surface area contributed by atoms with Crippen LogP contribution in [-0.4, -0.2) is 64.0 Å². The van der Waals surface area contributed by atoms with Gasteiger partial charge in [-0.3, -0.25) is 4.90 Å². The average Bonchev–Trinajstić information content (AvgIpc) is 3.31. The molecule has 0 saturated carbocycles. The third kappa shape index (κ3) is 6.09. The van der Waals surface area contributed by atoms with Gasteiger partial charge in [0.15, 0.2) is 5.13 Å². The number of benzene rings is 1. The molecular weight excluding hydrogens is 498 g/mol. The zero-order valence-corrected chi connectivity index (χ0v) is 21.0. The average molecular weight is 525 g/mol. The van der Waals surface area contributed by atoms with Gasteiger partial charge in [0.05, 0.1) is 0 Å². The highest BCUT2D eigenvalue weighted by molar-refractivity contribution is 7.21. The number of thiazole rings is 1. The van der Waals surface area contributed by atoms with Crippen LogP contribution < -0.4 is 16.0 Å². The van der Waals surface area contributed by atoms with Gasteiger partial charge < -0.3 is 20.9 Å². The van der Waals surface area contributed by atoms with Crippen LogP contribution in [0.15, 0.2) is 48.7 Å². The molecule has 3 aromatic heterocycles. The molecule has 1 aliphatic heterocycles. The standard InChI is InChI=1S/C25H26F2N8OS/c1-28-25(36)35-10-8-34(9-11-35)15-16-2-6-22(29-13-16)33-24-31-20-5-7-21(32-23(20)37-24)30-14-17-3-4-18(26)12-19(17)27/h2-7,12-13H,8-11,14-15H2,1H3,(H,28,36)(H,30,32)(H,29,31,33). The van der Waals surface area contributed by atoms with Crippen molar-refractivity contribution in [1.29, 1.82) is 0 Å². The molecule has 0 atom stereocenters. The number of piperazine rings is 1. The lowest BCUT2D eigenvalue weighted by molar-refractivity contribution is 0.136. The molecule has 1 fully saturated rings. The Morgan fingerprint density at radius 2 is 1.84 bits per heavy atom. The minimum Gasteiger partial charge on any atom is -0.366 e. The number of rotatable bonds is 7. The first-order valence-electron chi connectivity index (χ1n) is 11.8. The monoisotopic (exact) mass is 524 g/mol. The normalized spacial score (nSPS) is 14.1. The molecule has 12 heteroatoms. The molecular formula is C25H26F2N8OS. The van der Waals surface area contributed by atoms with Gasteiger partial charge in [0.25, 0.3) is 0 Å². The van der Waals surface area contributed by atoms with Crippen LogP contribution in [0, 0.1) is 11.6 Å². The number of aromatic nitrogens is 3. The molecule has 4 aromatic rings. The molecule has 2 amide bonds. The maximum atomic E-state index is 13.9. The molecule has 5 rings (SSSR count). The SMILES string of the molecule is CNC(=O)N1CCN(Cc2ccc(Nc3nc4ccc(NCc5ccc(F)cc5F)nc4s3)nc2)CC1. The first-order valence-corrected chi connectivity index (χ1v) is 12.6. The number of urea groups is 1. The highest BCUT2D eigenvalue weighted by Gasteiger charge is 2.20. The summed E-state index contributed by atoms with van der Waals surface area (Å²) >= 11 is 1.39. The highest BCUT2D eigenvalue weighted by Crippen LogP contribution is 2.28. The Balaban J connectivity index is 1.16. The minimum atomic E-state index is -0.604. The second-order valence-electron chi connectivity index (χ2n) is 8.62. The summed E-state index contributed by atoms with van der Waals surface area (Å²) in [6, 6.07) is 11.0. The Morgan fingerprint density at radius 3 is 2.57 bits per heavy atom. The molecule has 37 heavy (non-hydrogen) atoms. The summed E-state index contributed by atoms with van der Waals surface area (Å²) in [6.07, 6.45) is 1.84. The fraction of sp³-hybridized carbons (Fsp3) is 0.280. The summed E-state index contributed by atoms with van der Waals surface area (Å²) in [4.78, 5) is 30.2. The molecule has 0 aliphatic carbocycles. The largest absolute Gasteiger partial charge is 0.366 e. The Kier molecular flexibility index (Phi) is 7.37. The number of hydrogen-bond acceptors (Lipinski definition) is 8. The van der Waals surface area contributed by atoms with E-state index >= 15 is 0 Å². The molecule has 1 saturated heterocycles. The lowest BCUT2D eigenvalue weighted by Gasteiger charge is -2.34. The van der Waals surface area contributed by atoms with Crippen molar-refractivity contribution in [2.75, 3.05) is 43.9 Å². The lowest BCUT2D eigenvalue weighted by atomic mass is 10.2. The molecule has 1 aliphatic rings. The van der Waals surface area contributed by atoms with Gasteiger partial charge >= 0.3 is 6.03 Å². The molecule has 192 valence electrons. The van der Waals surface area contributed by atoms with Crippen LogP contribution >= 0.6 is 11.3 Å². The first kappa shape index (κ1) is 24.8. The molecule has 0 bridgehead atoms. The van der Waals surface area contributed by atoms with E-state index in [-0.39, 0.29) is 12.6 Å². The molecule has 1 aromatic carbocycles. The van der Waals surface area contributed by atoms with E-state index in [1.54, 1.807) is 13.1 Å². The number of carbonyl (C=O) groups excluding carboxylic acids is 1. The first-order chi connectivity index (χ1) is 18.0. The van der Waals surface area contributed by atoms with E-state index in [0.29, 0.717) is 35.4 Å². The van der Waals surface area contributed by atoms with E-state index in [4.69, 9.17) is 0 Å². The van der Waals surface area contributed by atoms with Gasteiger partial charge in [-0.2, -0.15) is 0 Å². The Hall–Kier alpha value is -3.90. The van der Waals surface area contributed by atoms with Crippen LogP contribution in [0.5, 0.6) is 0 Å². The number of nitrogens with zero attached hydrogens (tertiary/aromatic N) is 5. The van der Waals surface area contributed by atoms with Gasteiger partial charge in [0, 0.05) is 64.1 Å². The van der Waals surface area contributed by atoms with Crippen LogP contribution in [0.3, 0.4) is 0 Å². The van der Waals surface area contributed by atoms with E-state index in [0.717, 1.165) is 41.6 Å². The molecule has 0 spiro atoms. The van der Waals surface area contributed by atoms with Gasteiger partial charge in [0.2, 0.25) is 0 Å². The summed E-state index contributed by atoms with van der Waals surface area (Å²) in [6.45, 7) is 4.02. The van der Waals surface area contributed by atoms with Crippen molar-refractivity contribution >= 4 is 44.5 Å². The van der Waals surface area contributed by atoms with E-state index < -0.39 is 11.6 Å². The van der Waals surface area contributed by atoms with Crippen LogP contribution in [0.1, 0.15) is 11.1 Å². The van der Waals surface area contributed by atoms with Crippen LogP contribution in [0.25, 0.3) is 10.3 Å². The molecule has 3 N–H and O–H groups in total. The summed E-state index contributed by atoms with van der Waals surface area (Å²) in [5, 5.41) is 9.62. The summed E-state index contributed by atoms with van der Waals surface area (Å²) in [7, 11) is 1.65. The number of halogens is 2. The fourth-order valence-electron chi connectivity index (χ4n) is 4.05. The lowest BCUT2D eigenvalue weighted by Crippen LogP contribution is -2.50. The van der Waals surface area contributed by atoms with Crippen LogP contribution in [-0.2, 0) is 13.1 Å². The van der Waals surface area contributed by atoms with Gasteiger partial charge in [-0.05, 0) is 29.8 Å². The smallest absolute Gasteiger partial charge is 0.317 e. The van der Waals surface area contributed by atoms with Crippen molar-refractivity contribution in [3.05, 3.63) is 71.4 Å². The number of hydrogen-bond donors (Lipinski definition) is 3. The molecule has 4 heterocycles. The molecule has 0 radical (unpaired) electrons. The maximum absolute atomic E-state index is 13.9. The Bertz CT molecular complexity index is 1390. The predicted molar refractivity (Wildman–Crippen MR) is 140 cm³/mol. The number of fused-ring (bicyclic) bond motifs is 1. The molecule has 0 unspecified atom stereocenters. The summed E-state index contributed by atoms with van der Waals surface area (Å²) in [5.74, 6) is 0.0505. The van der Waals surface area contributed by atoms with Crippen molar-refractivity contribution in [3.63, 3.8) is 0 Å². The Morgan fingerprint density at radius 1 is 1.03 bits per heavy atom. The third-order valence-corrected chi connectivity index (χ3v) is 6.95. The summed E-state index contributed by atoms with van der Waals surface area (Å²) < 4.78 is 27.0. The van der Waals surface area contributed by atoms with Crippen LogP contribution in [0.2, 0.25) is 0 Å². The van der Waals surface area contributed by atoms with Gasteiger partial charge in [-0.15, -0.1) is 0 Å². The highest BCUT2D eigenvalue weighted by atomic mass is 32.1. The van der Waals surface area contributed by atoms with E-state index in [2.05, 4.69) is 35.8 Å². The number of amides is 2. The Labute approximate surface area is 216 Å². The van der Waals surface area contributed by atoms with Gasteiger partial charge in [0.1, 0.15) is 33.6 Å². The third-order valence-electron chi connectivity index (χ3n) is 6.07. The van der Waals surface area contributed by atoms with Crippen molar-refractivity contribution in [3.8, 4) is 0 Å². The second kappa shape index (κ2) is 11.0. The van der Waals surface area contributed by atoms with Crippen LogP contribution in [0.4, 0.5) is 30.3 Å². The fourth-order valence-corrected chi connectivity index (χ4v) is 4.89. The number of pyridine rings is 2. The number of nitrogens with one attached hydrogen (secondary N) is 3. The van der Waals surface area contributed by atoms with Gasteiger partial charge in [-0.1, -0.05) is 23.5 Å². The van der Waals surface area contributed by atoms with E-state index in [1.807, 2.05) is 29.3 Å². The number of carbonyl (C=O) groups is 1. The summed E-state index contributed by atoms with van der Waals surface area (Å²) in [5.41, 5.74) is 2.19. The second-order valence-corrected chi connectivity index (χ2v) is 9.60. The van der Waals surface area contributed by atoms with Crippen molar-refractivity contribution < 1.29 is 13.6 Å². The quantitative estimate of drug-likeness (QED) is 0.334. The van der Waals surface area contributed by atoms with Crippen molar-refractivity contribution in [2.45, 2.75) is 13.1 Å². The van der Waals surface area contributed by atoms with Crippen molar-refractivity contribution in [2.24, 2.45) is 0 Å². The maximum Gasteiger partial charge on any atom is 0.317 e. The van der Waals surface area contributed by atoms with Crippen molar-refractivity contribution in [1.82, 2.24) is 30.1 Å². The number of anilines is 3. The topological polar surface area (TPSA) is 98.3 Å². The zero-order valence-electron chi connectivity index (χ0n) is 20.2. The predicted octanol–water partition coefficient (Wildman–Crippen LogP) is 4.18. The van der Waals surface area contributed by atoms with E-state index in [9.17, 15) is 13.6 Å². The van der Waals surface area contributed by atoms with E-state index in [1.165, 1.54) is 23.5 Å². The molecule has 9 nitrogen and oxygen atoms in total.